The van der Waals surface area contributed by atoms with E-state index in [1.165, 1.54) is 25.3 Å². The Labute approximate surface area is 185 Å². The molecule has 4 rings (SSSR count). The van der Waals surface area contributed by atoms with E-state index < -0.39 is 22.9 Å². The van der Waals surface area contributed by atoms with E-state index in [1.807, 2.05) is 0 Å². The lowest BCUT2D eigenvalue weighted by Crippen LogP contribution is -2.12. The standard InChI is InChI=1S/C22H20F3N5OS/c1-14-5-8-19(21(28-14)22(23,24)25)29-16-6-7-18-15(11-26-2)13-30(20(18)10-16)32(31)17-4-3-9-27-12-17/h3-10,12-13,26,29H,11H2,1-2H3. The molecule has 0 spiro atoms. The molecule has 0 amide bonds. The van der Waals surface area contributed by atoms with Crippen molar-refractivity contribution in [1.29, 1.82) is 0 Å². The normalized spacial score (nSPS) is 12.8. The van der Waals surface area contributed by atoms with E-state index >= 15 is 0 Å². The maximum Gasteiger partial charge on any atom is 0.435 e. The summed E-state index contributed by atoms with van der Waals surface area (Å²) in [5, 5.41) is 6.75. The zero-order valence-corrected chi connectivity index (χ0v) is 18.1. The Morgan fingerprint density at radius 1 is 1.16 bits per heavy atom. The summed E-state index contributed by atoms with van der Waals surface area (Å²) in [4.78, 5) is 8.20. The number of hydrogen-bond acceptors (Lipinski definition) is 5. The maximum absolute atomic E-state index is 13.5. The highest BCUT2D eigenvalue weighted by Crippen LogP contribution is 2.35. The fourth-order valence-corrected chi connectivity index (χ4v) is 4.53. The van der Waals surface area contributed by atoms with Crippen LogP contribution in [0.15, 0.2) is 66.0 Å². The number of hydrogen-bond donors (Lipinski definition) is 2. The number of nitrogens with one attached hydrogen (secondary N) is 2. The first kappa shape index (κ1) is 22.0. The highest BCUT2D eigenvalue weighted by Gasteiger charge is 2.35. The molecule has 0 saturated carbocycles. The third kappa shape index (κ3) is 4.37. The van der Waals surface area contributed by atoms with Crippen LogP contribution in [0.2, 0.25) is 0 Å². The minimum Gasteiger partial charge on any atom is -0.354 e. The number of pyridine rings is 2. The number of nitrogens with zero attached hydrogens (tertiary/aromatic N) is 3. The Morgan fingerprint density at radius 2 is 1.97 bits per heavy atom. The van der Waals surface area contributed by atoms with E-state index in [0.29, 0.717) is 22.6 Å². The predicted molar refractivity (Wildman–Crippen MR) is 118 cm³/mol. The topological polar surface area (TPSA) is 71.8 Å². The van der Waals surface area contributed by atoms with Crippen molar-refractivity contribution in [1.82, 2.24) is 19.3 Å². The lowest BCUT2D eigenvalue weighted by atomic mass is 10.1. The van der Waals surface area contributed by atoms with Gasteiger partial charge < -0.3 is 10.6 Å². The van der Waals surface area contributed by atoms with Crippen LogP contribution >= 0.6 is 0 Å². The zero-order chi connectivity index (χ0) is 22.9. The molecule has 1 aromatic carbocycles. The molecule has 1 atom stereocenters. The molecule has 0 fully saturated rings. The molecule has 2 N–H and O–H groups in total. The van der Waals surface area contributed by atoms with Crippen LogP contribution in [0.25, 0.3) is 10.9 Å². The van der Waals surface area contributed by atoms with Crippen LogP contribution in [0.1, 0.15) is 17.0 Å². The average molecular weight is 459 g/mol. The molecule has 0 radical (unpaired) electrons. The van der Waals surface area contributed by atoms with Gasteiger partial charge in [0.2, 0.25) is 0 Å². The minimum atomic E-state index is -4.60. The highest BCUT2D eigenvalue weighted by molar-refractivity contribution is 7.83. The van der Waals surface area contributed by atoms with Crippen molar-refractivity contribution < 1.29 is 17.4 Å². The molecule has 32 heavy (non-hydrogen) atoms. The Hall–Kier alpha value is -3.24. The van der Waals surface area contributed by atoms with Crippen molar-refractivity contribution in [2.45, 2.75) is 24.5 Å². The fourth-order valence-electron chi connectivity index (χ4n) is 3.41. The molecule has 166 valence electrons. The molecule has 10 heteroatoms. The molecule has 0 aliphatic carbocycles. The van der Waals surface area contributed by atoms with E-state index in [1.54, 1.807) is 53.7 Å². The summed E-state index contributed by atoms with van der Waals surface area (Å²) in [5.74, 6) is 0. The van der Waals surface area contributed by atoms with E-state index in [9.17, 15) is 17.4 Å². The van der Waals surface area contributed by atoms with Crippen molar-refractivity contribution >= 4 is 33.3 Å². The van der Waals surface area contributed by atoms with Gasteiger partial charge in [0.15, 0.2) is 16.7 Å². The van der Waals surface area contributed by atoms with Crippen LogP contribution in [0.3, 0.4) is 0 Å². The number of fused-ring (bicyclic) bond motifs is 1. The lowest BCUT2D eigenvalue weighted by molar-refractivity contribution is -0.140. The summed E-state index contributed by atoms with van der Waals surface area (Å²) >= 11 is 0. The Bertz CT molecular complexity index is 1290. The van der Waals surface area contributed by atoms with Gasteiger partial charge in [-0.2, -0.15) is 13.2 Å². The number of rotatable bonds is 6. The summed E-state index contributed by atoms with van der Waals surface area (Å²) in [7, 11) is 0.232. The first-order chi connectivity index (χ1) is 15.3. The van der Waals surface area contributed by atoms with E-state index in [0.717, 1.165) is 10.9 Å². The first-order valence-electron chi connectivity index (χ1n) is 9.70. The van der Waals surface area contributed by atoms with Crippen molar-refractivity contribution in [3.63, 3.8) is 0 Å². The molecule has 6 nitrogen and oxygen atoms in total. The molecular weight excluding hydrogens is 439 g/mol. The highest BCUT2D eigenvalue weighted by atomic mass is 32.2. The molecule has 0 aliphatic rings. The van der Waals surface area contributed by atoms with Gasteiger partial charge in [0, 0.05) is 41.9 Å². The predicted octanol–water partition coefficient (Wildman–Crippen LogP) is 4.79. The monoisotopic (exact) mass is 459 g/mol. The van der Waals surface area contributed by atoms with Gasteiger partial charge in [-0.25, -0.2) is 9.19 Å². The average Bonchev–Trinajstić information content (AvgIpc) is 3.12. The lowest BCUT2D eigenvalue weighted by Gasteiger charge is -2.15. The summed E-state index contributed by atoms with van der Waals surface area (Å²) in [6.07, 6.45) is 0.301. The van der Waals surface area contributed by atoms with Crippen LogP contribution in [-0.4, -0.2) is 25.2 Å². The van der Waals surface area contributed by atoms with E-state index in [2.05, 4.69) is 20.6 Å². The molecule has 3 aromatic heterocycles. The number of aromatic nitrogens is 3. The first-order valence-corrected chi connectivity index (χ1v) is 10.8. The molecule has 0 saturated heterocycles. The second kappa shape index (κ2) is 8.71. The smallest absolute Gasteiger partial charge is 0.354 e. The van der Waals surface area contributed by atoms with Crippen LogP contribution in [0.5, 0.6) is 0 Å². The van der Waals surface area contributed by atoms with Gasteiger partial charge in [-0.3, -0.25) is 8.96 Å². The van der Waals surface area contributed by atoms with Gasteiger partial charge in [0.05, 0.1) is 16.1 Å². The summed E-state index contributed by atoms with van der Waals surface area (Å²) in [6.45, 7) is 2.05. The Balaban J connectivity index is 1.80. The largest absolute Gasteiger partial charge is 0.435 e. The van der Waals surface area contributed by atoms with Gasteiger partial charge in [0.1, 0.15) is 0 Å². The van der Waals surface area contributed by atoms with Crippen molar-refractivity contribution in [3.05, 3.63) is 78.0 Å². The van der Waals surface area contributed by atoms with Gasteiger partial charge in [-0.05, 0) is 55.9 Å². The summed E-state index contributed by atoms with van der Waals surface area (Å²) < 4.78 is 55.2. The molecule has 3 heterocycles. The Kier molecular flexibility index (Phi) is 5.98. The second-order valence-electron chi connectivity index (χ2n) is 7.15. The van der Waals surface area contributed by atoms with Gasteiger partial charge in [-0.15, -0.1) is 0 Å². The molecule has 0 aliphatic heterocycles. The molecular formula is C22H20F3N5OS. The fraction of sp³-hybridized carbons (Fsp3) is 0.182. The summed E-state index contributed by atoms with van der Waals surface area (Å²) in [5.41, 5.74) is 1.10. The molecule has 0 bridgehead atoms. The van der Waals surface area contributed by atoms with Gasteiger partial charge in [-0.1, -0.05) is 6.07 Å². The second-order valence-corrected chi connectivity index (χ2v) is 8.51. The van der Waals surface area contributed by atoms with Crippen molar-refractivity contribution in [2.75, 3.05) is 12.4 Å². The molecule has 1 unspecified atom stereocenters. The van der Waals surface area contributed by atoms with E-state index in [4.69, 9.17) is 0 Å². The zero-order valence-electron chi connectivity index (χ0n) is 17.3. The maximum atomic E-state index is 13.5. The molecule has 4 aromatic rings. The number of alkyl halides is 3. The van der Waals surface area contributed by atoms with Crippen LogP contribution in [0, 0.1) is 6.92 Å². The number of benzene rings is 1. The quantitative estimate of drug-likeness (QED) is 0.434. The summed E-state index contributed by atoms with van der Waals surface area (Å²) in [6, 6.07) is 11.5. The minimum absolute atomic E-state index is 0.149. The van der Waals surface area contributed by atoms with Crippen LogP contribution < -0.4 is 10.6 Å². The van der Waals surface area contributed by atoms with Crippen LogP contribution in [-0.2, 0) is 23.7 Å². The van der Waals surface area contributed by atoms with Gasteiger partial charge >= 0.3 is 6.18 Å². The number of aryl methyl sites for hydroxylation is 1. The Morgan fingerprint density at radius 3 is 2.66 bits per heavy atom. The van der Waals surface area contributed by atoms with E-state index in [-0.39, 0.29) is 11.4 Å². The third-order valence-electron chi connectivity index (χ3n) is 4.82. The number of anilines is 2. The van der Waals surface area contributed by atoms with Gasteiger partial charge in [0.25, 0.3) is 0 Å². The van der Waals surface area contributed by atoms with Crippen LogP contribution in [0.4, 0.5) is 24.5 Å². The SMILES string of the molecule is CNCc1cn(S(=O)c2cccnc2)c2cc(Nc3ccc(C)nc3C(F)(F)F)ccc12. The third-order valence-corrected chi connectivity index (χ3v) is 6.12. The number of halogens is 3. The van der Waals surface area contributed by atoms with Crippen molar-refractivity contribution in [3.8, 4) is 0 Å². The van der Waals surface area contributed by atoms with Crippen molar-refractivity contribution in [2.24, 2.45) is 0 Å².